The number of thiocarbonyl (C=S) groups is 1. The van der Waals surface area contributed by atoms with Crippen molar-refractivity contribution in [1.82, 2.24) is 14.3 Å². The zero-order chi connectivity index (χ0) is 22.5. The lowest BCUT2D eigenvalue weighted by molar-refractivity contribution is -0.123. The van der Waals surface area contributed by atoms with E-state index in [0.29, 0.717) is 59.0 Å². The molecule has 0 spiro atoms. The van der Waals surface area contributed by atoms with Crippen molar-refractivity contribution < 1.29 is 17.9 Å². The van der Waals surface area contributed by atoms with E-state index in [1.807, 2.05) is 11.0 Å². The molecular formula is C20H20N4O5S3. The molecule has 1 unspecified atom stereocenters. The Morgan fingerprint density at radius 1 is 1.22 bits per heavy atom. The maximum atomic E-state index is 13.4. The summed E-state index contributed by atoms with van der Waals surface area (Å²) < 4.78 is 31.0. The highest BCUT2D eigenvalue weighted by molar-refractivity contribution is 8.26. The third-order valence-electron chi connectivity index (χ3n) is 5.73. The quantitative estimate of drug-likeness (QED) is 0.457. The van der Waals surface area contributed by atoms with Crippen molar-refractivity contribution in [3.05, 3.63) is 45.2 Å². The van der Waals surface area contributed by atoms with Gasteiger partial charge in [0.05, 0.1) is 41.2 Å². The Balaban J connectivity index is 1.58. The number of carbonyl (C=O) groups is 1. The summed E-state index contributed by atoms with van der Waals surface area (Å²) in [7, 11) is -3.17. The smallest absolute Gasteiger partial charge is 0.267 e. The second-order valence-corrected chi connectivity index (χ2v) is 11.7. The molecule has 1 amide bonds. The number of aromatic nitrogens is 2. The van der Waals surface area contributed by atoms with Crippen LogP contribution in [0.2, 0.25) is 0 Å². The summed E-state index contributed by atoms with van der Waals surface area (Å²) in [6.07, 6.45) is 3.54. The van der Waals surface area contributed by atoms with Gasteiger partial charge in [-0.25, -0.2) is 13.4 Å². The lowest BCUT2D eigenvalue weighted by atomic mass is 10.2. The predicted octanol–water partition coefficient (Wildman–Crippen LogP) is 0.919. The molecule has 2 aromatic rings. The van der Waals surface area contributed by atoms with Gasteiger partial charge in [-0.2, -0.15) is 0 Å². The van der Waals surface area contributed by atoms with Crippen molar-refractivity contribution in [3.63, 3.8) is 0 Å². The minimum absolute atomic E-state index is 0.0465. The molecular weight excluding hydrogens is 472 g/mol. The Morgan fingerprint density at radius 2 is 2.00 bits per heavy atom. The first-order valence-electron chi connectivity index (χ1n) is 10.2. The number of thioether (sulfide) groups is 1. The summed E-state index contributed by atoms with van der Waals surface area (Å²) >= 11 is 6.48. The number of nitrogens with zero attached hydrogens (tertiary/aromatic N) is 4. The van der Waals surface area contributed by atoms with E-state index in [0.717, 1.165) is 11.8 Å². The van der Waals surface area contributed by atoms with Crippen LogP contribution in [0.25, 0.3) is 11.7 Å². The van der Waals surface area contributed by atoms with E-state index in [9.17, 15) is 18.0 Å². The SMILES string of the molecule is O=C1/C(=C\c2c(N3CCOCC3)nc3ccccn3c2=O)SC(=S)N1C1CCS(=O)(=O)C1. The number of sulfone groups is 1. The number of ether oxygens (including phenoxy) is 1. The molecule has 0 bridgehead atoms. The summed E-state index contributed by atoms with van der Waals surface area (Å²) in [5.74, 6) is 0.0856. The highest BCUT2D eigenvalue weighted by Crippen LogP contribution is 2.36. The minimum Gasteiger partial charge on any atom is -0.378 e. The minimum atomic E-state index is -3.17. The van der Waals surface area contributed by atoms with Crippen molar-refractivity contribution >= 4 is 61.6 Å². The lowest BCUT2D eigenvalue weighted by Crippen LogP contribution is -2.39. The summed E-state index contributed by atoms with van der Waals surface area (Å²) in [4.78, 5) is 34.9. The Labute approximate surface area is 194 Å². The Bertz CT molecular complexity index is 1310. The standard InChI is InChI=1S/C20H20N4O5S3/c25-18-14(11-15-19(26)24(20(30)31-15)13-4-10-32(27,28)12-13)17(22-6-8-29-9-7-22)21-16-3-1-2-5-23(16)18/h1-3,5,11,13H,4,6-10,12H2/b15-11+. The zero-order valence-electron chi connectivity index (χ0n) is 17.0. The van der Waals surface area contributed by atoms with Crippen LogP contribution in [-0.4, -0.2) is 76.8 Å². The van der Waals surface area contributed by atoms with Gasteiger partial charge in [-0.3, -0.25) is 18.9 Å². The van der Waals surface area contributed by atoms with E-state index in [1.165, 1.54) is 9.30 Å². The van der Waals surface area contributed by atoms with Gasteiger partial charge in [-0.1, -0.05) is 30.0 Å². The van der Waals surface area contributed by atoms with E-state index >= 15 is 0 Å². The van der Waals surface area contributed by atoms with Crippen molar-refractivity contribution in [2.75, 3.05) is 42.7 Å². The van der Waals surface area contributed by atoms with Crippen molar-refractivity contribution in [2.45, 2.75) is 12.5 Å². The van der Waals surface area contributed by atoms with Crippen LogP contribution in [0.1, 0.15) is 12.0 Å². The Kier molecular flexibility index (Phi) is 5.56. The molecule has 1 atom stereocenters. The monoisotopic (exact) mass is 492 g/mol. The Hall–Kier alpha value is -2.28. The third-order valence-corrected chi connectivity index (χ3v) is 8.81. The first kappa shape index (κ1) is 21.6. The molecule has 3 aliphatic heterocycles. The number of carbonyl (C=O) groups excluding carboxylic acids is 1. The molecule has 0 radical (unpaired) electrons. The number of hydrogen-bond donors (Lipinski definition) is 0. The number of morpholine rings is 1. The van der Waals surface area contributed by atoms with Gasteiger partial charge in [0.15, 0.2) is 9.84 Å². The molecule has 0 N–H and O–H groups in total. The lowest BCUT2D eigenvalue weighted by Gasteiger charge is -2.29. The summed E-state index contributed by atoms with van der Waals surface area (Å²) in [6, 6.07) is 4.85. The summed E-state index contributed by atoms with van der Waals surface area (Å²) in [5, 5.41) is 0. The molecule has 12 heteroatoms. The fraction of sp³-hybridized carbons (Fsp3) is 0.400. The number of anilines is 1. The van der Waals surface area contributed by atoms with Crippen LogP contribution in [-0.2, 0) is 19.4 Å². The third kappa shape index (κ3) is 3.85. The van der Waals surface area contributed by atoms with Crippen LogP contribution >= 0.6 is 24.0 Å². The van der Waals surface area contributed by atoms with E-state index in [2.05, 4.69) is 0 Å². The molecule has 5 heterocycles. The maximum absolute atomic E-state index is 13.4. The van der Waals surface area contributed by atoms with Crippen LogP contribution in [0.5, 0.6) is 0 Å². The van der Waals surface area contributed by atoms with Gasteiger partial charge < -0.3 is 9.64 Å². The van der Waals surface area contributed by atoms with Crippen molar-refractivity contribution in [2.24, 2.45) is 0 Å². The average Bonchev–Trinajstić information content (AvgIpc) is 3.27. The van der Waals surface area contributed by atoms with Crippen molar-refractivity contribution in [1.29, 1.82) is 0 Å². The van der Waals surface area contributed by atoms with Crippen LogP contribution in [0, 0.1) is 0 Å². The van der Waals surface area contributed by atoms with Gasteiger partial charge in [0.25, 0.3) is 11.5 Å². The highest BCUT2D eigenvalue weighted by atomic mass is 32.2. The van der Waals surface area contributed by atoms with Crippen molar-refractivity contribution in [3.8, 4) is 0 Å². The maximum Gasteiger partial charge on any atom is 0.267 e. The van der Waals surface area contributed by atoms with Gasteiger partial charge in [0, 0.05) is 19.3 Å². The fourth-order valence-electron chi connectivity index (χ4n) is 4.14. The van der Waals surface area contributed by atoms with Gasteiger partial charge in [-0.15, -0.1) is 0 Å². The molecule has 9 nitrogen and oxygen atoms in total. The van der Waals surface area contributed by atoms with Gasteiger partial charge in [0.2, 0.25) is 0 Å². The molecule has 32 heavy (non-hydrogen) atoms. The van der Waals surface area contributed by atoms with Crippen LogP contribution in [0.4, 0.5) is 5.82 Å². The highest BCUT2D eigenvalue weighted by Gasteiger charge is 2.42. The van der Waals surface area contributed by atoms with E-state index in [4.69, 9.17) is 21.9 Å². The molecule has 168 valence electrons. The first-order chi connectivity index (χ1) is 15.3. The van der Waals surface area contributed by atoms with E-state index in [1.54, 1.807) is 24.4 Å². The number of rotatable bonds is 3. The Morgan fingerprint density at radius 3 is 2.72 bits per heavy atom. The van der Waals surface area contributed by atoms with Crippen LogP contribution < -0.4 is 10.5 Å². The summed E-state index contributed by atoms with van der Waals surface area (Å²) in [5.41, 5.74) is 0.529. The van der Waals surface area contributed by atoms with Gasteiger partial charge in [-0.05, 0) is 24.6 Å². The van der Waals surface area contributed by atoms with E-state index < -0.39 is 15.9 Å². The molecule has 0 aliphatic carbocycles. The van der Waals surface area contributed by atoms with E-state index in [-0.39, 0.29) is 23.0 Å². The fourth-order valence-corrected chi connectivity index (χ4v) is 7.22. The summed E-state index contributed by atoms with van der Waals surface area (Å²) in [6.45, 7) is 2.20. The average molecular weight is 493 g/mol. The molecule has 2 aromatic heterocycles. The van der Waals surface area contributed by atoms with Gasteiger partial charge in [0.1, 0.15) is 15.8 Å². The second kappa shape index (κ2) is 8.25. The topological polar surface area (TPSA) is 101 Å². The molecule has 3 aliphatic rings. The first-order valence-corrected chi connectivity index (χ1v) is 13.2. The van der Waals surface area contributed by atoms with Crippen LogP contribution in [0.15, 0.2) is 34.1 Å². The second-order valence-electron chi connectivity index (χ2n) is 7.79. The number of pyridine rings is 1. The molecule has 0 aromatic carbocycles. The van der Waals surface area contributed by atoms with Gasteiger partial charge >= 0.3 is 0 Å². The molecule has 3 fully saturated rings. The zero-order valence-corrected chi connectivity index (χ0v) is 19.4. The number of amides is 1. The predicted molar refractivity (Wildman–Crippen MR) is 127 cm³/mol. The normalized spacial score (nSPS) is 24.8. The molecule has 5 rings (SSSR count). The number of fused-ring (bicyclic) bond motifs is 1. The number of hydrogen-bond acceptors (Lipinski definition) is 9. The largest absolute Gasteiger partial charge is 0.378 e. The van der Waals surface area contributed by atoms with Crippen LogP contribution in [0.3, 0.4) is 0 Å². The molecule has 3 saturated heterocycles. The molecule has 0 saturated carbocycles.